The molecule has 6 heteroatoms. The number of rotatable bonds is 4. The van der Waals surface area contributed by atoms with Crippen LogP contribution in [0.25, 0.3) is 22.8 Å². The average Bonchev–Trinajstić information content (AvgIpc) is 3.28. The van der Waals surface area contributed by atoms with Gasteiger partial charge in [-0.3, -0.25) is 5.10 Å². The van der Waals surface area contributed by atoms with Gasteiger partial charge in [0.15, 0.2) is 5.82 Å². The molecule has 0 radical (unpaired) electrons. The van der Waals surface area contributed by atoms with Crippen molar-refractivity contribution in [2.24, 2.45) is 5.92 Å². The molecule has 0 bridgehead atoms. The van der Waals surface area contributed by atoms with Crippen LogP contribution < -0.4 is 0 Å². The molecule has 23 heavy (non-hydrogen) atoms. The van der Waals surface area contributed by atoms with Crippen molar-refractivity contribution in [3.05, 3.63) is 43.0 Å². The highest BCUT2D eigenvalue weighted by molar-refractivity contribution is 5.66. The van der Waals surface area contributed by atoms with E-state index in [9.17, 15) is 0 Å². The number of nitrogens with zero attached hydrogens (tertiary/aromatic N) is 4. The van der Waals surface area contributed by atoms with Gasteiger partial charge in [0.05, 0.1) is 0 Å². The molecule has 2 aromatic heterocycles. The van der Waals surface area contributed by atoms with Crippen molar-refractivity contribution in [3.8, 4) is 22.8 Å². The minimum Gasteiger partial charge on any atom is -0.381 e. The van der Waals surface area contributed by atoms with Gasteiger partial charge < -0.3 is 9.30 Å². The van der Waals surface area contributed by atoms with Crippen LogP contribution in [0.1, 0.15) is 12.8 Å². The van der Waals surface area contributed by atoms with E-state index in [1.54, 1.807) is 0 Å². The SMILES string of the molecule is c1cc(-c2ncn[nH]2)cc(-c2nccn2CC2CCOCC2)c1. The Morgan fingerprint density at radius 1 is 1.17 bits per heavy atom. The maximum atomic E-state index is 5.45. The zero-order chi connectivity index (χ0) is 15.5. The van der Waals surface area contributed by atoms with Crippen molar-refractivity contribution in [2.45, 2.75) is 19.4 Å². The Bertz CT molecular complexity index is 759. The van der Waals surface area contributed by atoms with Crippen LogP contribution in [0.2, 0.25) is 0 Å². The van der Waals surface area contributed by atoms with Crippen LogP contribution >= 0.6 is 0 Å². The molecule has 4 rings (SSSR count). The molecule has 0 aliphatic carbocycles. The molecule has 0 saturated carbocycles. The third kappa shape index (κ3) is 3.03. The first-order valence-electron chi connectivity index (χ1n) is 7.95. The van der Waals surface area contributed by atoms with E-state index in [1.165, 1.54) is 6.33 Å². The fourth-order valence-corrected chi connectivity index (χ4v) is 3.07. The summed E-state index contributed by atoms with van der Waals surface area (Å²) < 4.78 is 7.70. The van der Waals surface area contributed by atoms with Crippen molar-refractivity contribution in [3.63, 3.8) is 0 Å². The van der Waals surface area contributed by atoms with Gasteiger partial charge in [-0.1, -0.05) is 18.2 Å². The number of H-pyrrole nitrogens is 1. The van der Waals surface area contributed by atoms with Gasteiger partial charge in [-0.15, -0.1) is 0 Å². The number of ether oxygens (including phenoxy) is 1. The maximum Gasteiger partial charge on any atom is 0.155 e. The molecule has 1 saturated heterocycles. The molecule has 1 N–H and O–H groups in total. The fraction of sp³-hybridized carbons (Fsp3) is 0.353. The lowest BCUT2D eigenvalue weighted by Gasteiger charge is -2.23. The van der Waals surface area contributed by atoms with E-state index >= 15 is 0 Å². The van der Waals surface area contributed by atoms with Gasteiger partial charge in [-0.2, -0.15) is 5.10 Å². The Morgan fingerprint density at radius 2 is 2.04 bits per heavy atom. The van der Waals surface area contributed by atoms with Crippen LogP contribution in [0.5, 0.6) is 0 Å². The predicted molar refractivity (Wildman–Crippen MR) is 86.6 cm³/mol. The number of benzene rings is 1. The first-order valence-corrected chi connectivity index (χ1v) is 7.95. The minimum absolute atomic E-state index is 0.661. The normalized spacial score (nSPS) is 15.8. The van der Waals surface area contributed by atoms with Crippen LogP contribution in [0.15, 0.2) is 43.0 Å². The van der Waals surface area contributed by atoms with E-state index in [1.807, 2.05) is 18.3 Å². The lowest BCUT2D eigenvalue weighted by Crippen LogP contribution is -2.20. The molecule has 0 atom stereocenters. The van der Waals surface area contributed by atoms with Gasteiger partial charge in [-0.25, -0.2) is 9.97 Å². The zero-order valence-electron chi connectivity index (χ0n) is 12.9. The second-order valence-electron chi connectivity index (χ2n) is 5.87. The van der Waals surface area contributed by atoms with Gasteiger partial charge >= 0.3 is 0 Å². The summed E-state index contributed by atoms with van der Waals surface area (Å²) in [6, 6.07) is 8.24. The van der Waals surface area contributed by atoms with Gasteiger partial charge in [-0.05, 0) is 24.8 Å². The van der Waals surface area contributed by atoms with Gasteiger partial charge in [0.2, 0.25) is 0 Å². The zero-order valence-corrected chi connectivity index (χ0v) is 12.9. The molecule has 6 nitrogen and oxygen atoms in total. The van der Waals surface area contributed by atoms with E-state index in [-0.39, 0.29) is 0 Å². The van der Waals surface area contributed by atoms with Crippen molar-refractivity contribution in [1.82, 2.24) is 24.7 Å². The predicted octanol–water partition coefficient (Wildman–Crippen LogP) is 2.76. The summed E-state index contributed by atoms with van der Waals surface area (Å²) in [5.41, 5.74) is 2.11. The molecule has 1 aliphatic rings. The van der Waals surface area contributed by atoms with Crippen LogP contribution in [0.4, 0.5) is 0 Å². The highest BCUT2D eigenvalue weighted by Crippen LogP contribution is 2.25. The highest BCUT2D eigenvalue weighted by atomic mass is 16.5. The summed E-state index contributed by atoms with van der Waals surface area (Å²) in [5.74, 6) is 2.43. The van der Waals surface area contributed by atoms with Crippen molar-refractivity contribution >= 4 is 0 Å². The maximum absolute atomic E-state index is 5.45. The molecule has 118 valence electrons. The van der Waals surface area contributed by atoms with Crippen molar-refractivity contribution < 1.29 is 4.74 Å². The summed E-state index contributed by atoms with van der Waals surface area (Å²) >= 11 is 0. The fourth-order valence-electron chi connectivity index (χ4n) is 3.07. The number of hydrogen-bond acceptors (Lipinski definition) is 4. The Morgan fingerprint density at radius 3 is 2.87 bits per heavy atom. The Labute approximate surface area is 134 Å². The first-order chi connectivity index (χ1) is 11.4. The van der Waals surface area contributed by atoms with Gasteiger partial charge in [0.1, 0.15) is 12.2 Å². The molecule has 0 spiro atoms. The van der Waals surface area contributed by atoms with E-state index in [4.69, 9.17) is 4.74 Å². The molecule has 3 heterocycles. The molecule has 3 aromatic rings. The molecular formula is C17H19N5O. The van der Waals surface area contributed by atoms with Gasteiger partial charge in [0, 0.05) is 43.3 Å². The largest absolute Gasteiger partial charge is 0.381 e. The standard InChI is InChI=1S/C17H19N5O/c1-2-14(16-19-12-20-21-16)10-15(3-1)17-18-6-7-22(17)11-13-4-8-23-9-5-13/h1-3,6-7,10,12-13H,4-5,8-9,11H2,(H,19,20,21). The van der Waals surface area contributed by atoms with E-state index in [0.717, 1.165) is 55.4 Å². The smallest absolute Gasteiger partial charge is 0.155 e. The minimum atomic E-state index is 0.661. The lowest BCUT2D eigenvalue weighted by atomic mass is 10.00. The third-order valence-electron chi connectivity index (χ3n) is 4.32. The molecule has 0 amide bonds. The van der Waals surface area contributed by atoms with Crippen LogP contribution in [0.3, 0.4) is 0 Å². The second-order valence-corrected chi connectivity index (χ2v) is 5.87. The number of aromatic nitrogens is 5. The summed E-state index contributed by atoms with van der Waals surface area (Å²) in [5, 5.41) is 6.82. The molecule has 1 aliphatic heterocycles. The quantitative estimate of drug-likeness (QED) is 0.804. The number of aromatic amines is 1. The molecule has 1 aromatic carbocycles. The first kappa shape index (κ1) is 14.1. The highest BCUT2D eigenvalue weighted by Gasteiger charge is 2.16. The Kier molecular flexibility index (Phi) is 3.90. The van der Waals surface area contributed by atoms with E-state index < -0.39 is 0 Å². The van der Waals surface area contributed by atoms with Crippen molar-refractivity contribution in [1.29, 1.82) is 0 Å². The van der Waals surface area contributed by atoms with E-state index in [0.29, 0.717) is 5.92 Å². The number of nitrogens with one attached hydrogen (secondary N) is 1. The van der Waals surface area contributed by atoms with Crippen LogP contribution in [-0.4, -0.2) is 37.9 Å². The summed E-state index contributed by atoms with van der Waals surface area (Å²) in [4.78, 5) is 8.78. The molecular weight excluding hydrogens is 290 g/mol. The number of hydrogen-bond donors (Lipinski definition) is 1. The van der Waals surface area contributed by atoms with Crippen LogP contribution in [0, 0.1) is 5.92 Å². The molecule has 0 unspecified atom stereocenters. The average molecular weight is 309 g/mol. The third-order valence-corrected chi connectivity index (χ3v) is 4.32. The topological polar surface area (TPSA) is 68.6 Å². The van der Waals surface area contributed by atoms with E-state index in [2.05, 4.69) is 43.1 Å². The summed E-state index contributed by atoms with van der Waals surface area (Å²) in [6.07, 6.45) is 7.70. The van der Waals surface area contributed by atoms with Crippen molar-refractivity contribution in [2.75, 3.05) is 13.2 Å². The summed E-state index contributed by atoms with van der Waals surface area (Å²) in [7, 11) is 0. The Hall–Kier alpha value is -2.47. The van der Waals surface area contributed by atoms with Crippen LogP contribution in [-0.2, 0) is 11.3 Å². The Balaban J connectivity index is 1.61. The molecule has 1 fully saturated rings. The second kappa shape index (κ2) is 6.34. The summed E-state index contributed by atoms with van der Waals surface area (Å²) in [6.45, 7) is 2.73. The lowest BCUT2D eigenvalue weighted by molar-refractivity contribution is 0.0614. The number of imidazole rings is 1. The van der Waals surface area contributed by atoms with Gasteiger partial charge in [0.25, 0.3) is 0 Å². The monoisotopic (exact) mass is 309 g/mol.